The number of ketones is 1. The van der Waals surface area contributed by atoms with E-state index in [1.165, 1.54) is 0 Å². The highest BCUT2D eigenvalue weighted by Gasteiger charge is 2.48. The van der Waals surface area contributed by atoms with Crippen LogP contribution in [-0.2, 0) is 31.0 Å². The lowest BCUT2D eigenvalue weighted by atomic mass is 9.61. The minimum absolute atomic E-state index is 0.0473. The number of alkyl carbamates (subject to hydrolysis) is 1. The summed E-state index contributed by atoms with van der Waals surface area (Å²) in [5.41, 5.74) is 8.60. The summed E-state index contributed by atoms with van der Waals surface area (Å²) in [7, 11) is 1.73. The Kier molecular flexibility index (Phi) is 12.3. The van der Waals surface area contributed by atoms with Gasteiger partial charge >= 0.3 is 12.1 Å². The van der Waals surface area contributed by atoms with Crippen LogP contribution in [0.2, 0.25) is 0 Å². The fraction of sp³-hybridized carbons (Fsp3) is 0.523. The number of fused-ring (bicyclic) bond motifs is 3. The lowest BCUT2D eigenvalue weighted by Gasteiger charge is -2.42. The molecule has 58 heavy (non-hydrogen) atoms. The van der Waals surface area contributed by atoms with Crippen LogP contribution < -0.4 is 21.6 Å². The van der Waals surface area contributed by atoms with Crippen molar-refractivity contribution >= 4 is 41.2 Å². The molecule has 2 aromatic carbocycles. The fourth-order valence-corrected chi connectivity index (χ4v) is 9.65. The highest BCUT2D eigenvalue weighted by molar-refractivity contribution is 6.45. The van der Waals surface area contributed by atoms with Crippen LogP contribution in [-0.4, -0.2) is 62.9 Å². The summed E-state index contributed by atoms with van der Waals surface area (Å²) in [6.45, 7) is 2.28. The summed E-state index contributed by atoms with van der Waals surface area (Å²) in [5.74, 6) is -2.04. The number of rotatable bonds is 16. The molecule has 4 aliphatic rings. The van der Waals surface area contributed by atoms with Gasteiger partial charge in [0, 0.05) is 43.5 Å². The number of amides is 3. The Bertz CT molecular complexity index is 2000. The number of carbonyl (C=O) groups excluding carboxylic acids is 4. The number of ether oxygens (including phenoxy) is 1. The molecule has 0 bridgehead atoms. The number of hydrazine groups is 1. The third-order valence-electron chi connectivity index (χ3n) is 13.1. The largest absolute Gasteiger partial charge is 0.481 e. The van der Waals surface area contributed by atoms with Crippen LogP contribution in [0.1, 0.15) is 114 Å². The number of benzene rings is 2. The van der Waals surface area contributed by atoms with E-state index in [4.69, 9.17) is 4.74 Å². The zero-order valence-electron chi connectivity index (χ0n) is 33.4. The average Bonchev–Trinajstić information content (AvgIpc) is 3.90. The van der Waals surface area contributed by atoms with Gasteiger partial charge in [-0.1, -0.05) is 74.7 Å². The molecule has 0 aliphatic heterocycles. The Labute approximate surface area is 338 Å². The lowest BCUT2D eigenvalue weighted by molar-refractivity contribution is -0.143. The molecule has 0 spiro atoms. The zero-order valence-corrected chi connectivity index (χ0v) is 33.4. The number of hydrazone groups is 1. The molecule has 3 saturated carbocycles. The van der Waals surface area contributed by atoms with E-state index in [1.54, 1.807) is 24.0 Å². The molecule has 3 amide bonds. The number of carboxylic acids is 1. The maximum Gasteiger partial charge on any atom is 0.407 e. The van der Waals surface area contributed by atoms with Crippen LogP contribution in [0.15, 0.2) is 65.9 Å². The molecule has 1 unspecified atom stereocenters. The number of nitrogens with zero attached hydrogens (tertiary/aromatic N) is 3. The molecule has 14 nitrogen and oxygen atoms in total. The first kappa shape index (κ1) is 40.7. The monoisotopic (exact) mass is 793 g/mol. The highest BCUT2D eigenvalue weighted by atomic mass is 16.5. The van der Waals surface area contributed by atoms with E-state index in [1.807, 2.05) is 24.3 Å². The molecule has 3 fully saturated rings. The lowest BCUT2D eigenvalue weighted by Crippen LogP contribution is -2.51. The van der Waals surface area contributed by atoms with Crippen molar-refractivity contribution in [1.82, 2.24) is 26.1 Å². The minimum atomic E-state index is -0.958. The molecule has 1 aromatic heterocycles. The van der Waals surface area contributed by atoms with Gasteiger partial charge < -0.3 is 20.5 Å². The molecule has 1 atom stereocenters. The third-order valence-corrected chi connectivity index (χ3v) is 13.1. The number of carbonyl (C=O) groups is 5. The Morgan fingerprint density at radius 1 is 0.914 bits per heavy atom. The molecule has 14 heteroatoms. The van der Waals surface area contributed by atoms with E-state index < -0.39 is 29.4 Å². The van der Waals surface area contributed by atoms with Gasteiger partial charge in [-0.25, -0.2) is 10.3 Å². The first-order chi connectivity index (χ1) is 27.9. The topological polar surface area (TPSA) is 193 Å². The summed E-state index contributed by atoms with van der Waals surface area (Å²) in [6.07, 6.45) is 9.73. The normalized spacial score (nSPS) is 21.1. The third kappa shape index (κ3) is 9.26. The smallest absolute Gasteiger partial charge is 0.407 e. The molecule has 7 rings (SSSR count). The quantitative estimate of drug-likeness (QED) is 0.0783. The summed E-state index contributed by atoms with van der Waals surface area (Å²) < 4.78 is 7.47. The SMILES string of the molecule is Cn1ccc(NC(=O)/C(=N\NNC(=O)CC2CCC(C(=O)O)CC2)C2(CC(=O)C(CC3(C)CCCC3)NC(=O)OCC3c4ccccc4-c4ccccc43)CCC2)n1. The van der Waals surface area contributed by atoms with Crippen LogP contribution in [0.3, 0.4) is 0 Å². The van der Waals surface area contributed by atoms with Gasteiger partial charge in [-0.2, -0.15) is 10.2 Å². The second kappa shape index (κ2) is 17.5. The van der Waals surface area contributed by atoms with Gasteiger partial charge in [0.25, 0.3) is 5.91 Å². The second-order valence-corrected chi connectivity index (χ2v) is 17.2. The first-order valence-electron chi connectivity index (χ1n) is 20.7. The number of hydrogen-bond donors (Lipinski definition) is 5. The molecular weight excluding hydrogens is 739 g/mol. The van der Waals surface area contributed by atoms with Gasteiger partial charge in [0.1, 0.15) is 12.3 Å². The molecule has 1 heterocycles. The van der Waals surface area contributed by atoms with Gasteiger partial charge in [0.2, 0.25) is 5.91 Å². The van der Waals surface area contributed by atoms with Crippen LogP contribution in [0, 0.1) is 22.7 Å². The molecule has 3 aromatic rings. The van der Waals surface area contributed by atoms with E-state index in [0.717, 1.165) is 54.4 Å². The van der Waals surface area contributed by atoms with Crippen molar-refractivity contribution in [2.24, 2.45) is 34.8 Å². The number of carboxylic acid groups (broad SMARTS) is 1. The van der Waals surface area contributed by atoms with Crippen molar-refractivity contribution in [2.45, 2.75) is 109 Å². The number of hydrogen-bond acceptors (Lipinski definition) is 9. The maximum atomic E-state index is 14.6. The van der Waals surface area contributed by atoms with Gasteiger partial charge in [0.05, 0.1) is 12.0 Å². The van der Waals surface area contributed by atoms with Crippen LogP contribution in [0.5, 0.6) is 0 Å². The summed E-state index contributed by atoms with van der Waals surface area (Å²) in [4.78, 5) is 66.5. The number of aromatic nitrogens is 2. The van der Waals surface area contributed by atoms with Crippen molar-refractivity contribution < 1.29 is 33.8 Å². The summed E-state index contributed by atoms with van der Waals surface area (Å²) >= 11 is 0. The molecule has 308 valence electrons. The fourth-order valence-electron chi connectivity index (χ4n) is 9.65. The van der Waals surface area contributed by atoms with E-state index in [-0.39, 0.29) is 60.0 Å². The Morgan fingerprint density at radius 2 is 1.57 bits per heavy atom. The van der Waals surface area contributed by atoms with Gasteiger partial charge in [-0.3, -0.25) is 29.3 Å². The van der Waals surface area contributed by atoms with Crippen LogP contribution >= 0.6 is 0 Å². The van der Waals surface area contributed by atoms with Crippen molar-refractivity contribution in [2.75, 3.05) is 11.9 Å². The van der Waals surface area contributed by atoms with Crippen LogP contribution in [0.4, 0.5) is 10.6 Å². The van der Waals surface area contributed by atoms with Gasteiger partial charge in [-0.05, 0) is 91.4 Å². The number of Topliss-reactive ketones (excluding diaryl/α,β-unsaturated/α-hetero) is 1. The van der Waals surface area contributed by atoms with E-state index in [0.29, 0.717) is 50.8 Å². The molecule has 5 N–H and O–H groups in total. The van der Waals surface area contributed by atoms with E-state index >= 15 is 0 Å². The summed E-state index contributed by atoms with van der Waals surface area (Å²) in [6, 6.07) is 17.1. The zero-order chi connectivity index (χ0) is 40.9. The standard InChI is InChI=1S/C44H55N7O7/c1-43(19-7-8-20-43)25-35(45-42(57)58-27-34-32-12-5-3-10-30(32)31-11-4-6-13-33(31)34)36(52)26-44(21-9-22-44)39(40(54)46-37-18-23-51(2)49-37)48-50-47-38(53)24-28-14-16-29(17-15-28)41(55)56/h3-6,10-13,18,23,28-29,34-35,50H,7-9,14-17,19-22,24-27H2,1-2H3,(H,45,57)(H,47,53)(H,55,56)(H,46,49,54)/b48-39+. The molecule has 0 radical (unpaired) electrons. The van der Waals surface area contributed by atoms with Crippen LogP contribution in [0.25, 0.3) is 11.1 Å². The summed E-state index contributed by atoms with van der Waals surface area (Å²) in [5, 5.41) is 23.8. The highest BCUT2D eigenvalue weighted by Crippen LogP contribution is 2.48. The number of aryl methyl sites for hydroxylation is 1. The molecular formula is C44H55N7O7. The first-order valence-corrected chi connectivity index (χ1v) is 20.7. The average molecular weight is 794 g/mol. The van der Waals surface area contributed by atoms with Crippen molar-refractivity contribution in [3.8, 4) is 11.1 Å². The van der Waals surface area contributed by atoms with Crippen molar-refractivity contribution in [3.05, 3.63) is 71.9 Å². The molecule has 0 saturated heterocycles. The minimum Gasteiger partial charge on any atom is -0.481 e. The van der Waals surface area contributed by atoms with Crippen molar-refractivity contribution in [3.63, 3.8) is 0 Å². The maximum absolute atomic E-state index is 14.6. The van der Waals surface area contributed by atoms with Gasteiger partial charge in [0.15, 0.2) is 11.6 Å². The Balaban J connectivity index is 1.05. The predicted molar refractivity (Wildman–Crippen MR) is 217 cm³/mol. The number of aliphatic carboxylic acids is 1. The van der Waals surface area contributed by atoms with E-state index in [9.17, 15) is 29.1 Å². The Hall–Kier alpha value is -5.53. The number of nitrogens with one attached hydrogen (secondary N) is 4. The molecule has 4 aliphatic carbocycles. The number of anilines is 1. The van der Waals surface area contributed by atoms with Gasteiger partial charge in [-0.15, -0.1) is 0 Å². The van der Waals surface area contributed by atoms with Crippen molar-refractivity contribution in [1.29, 1.82) is 0 Å². The van der Waals surface area contributed by atoms with E-state index in [2.05, 4.69) is 63.0 Å². The second-order valence-electron chi connectivity index (χ2n) is 17.2. The Morgan fingerprint density at radius 3 is 2.16 bits per heavy atom. The predicted octanol–water partition coefficient (Wildman–Crippen LogP) is 6.62.